The van der Waals surface area contributed by atoms with Gasteiger partial charge in [0.1, 0.15) is 11.5 Å². The quantitative estimate of drug-likeness (QED) is 0.838. The maximum atomic E-state index is 14.0. The number of amides is 1. The maximum absolute atomic E-state index is 14.0. The summed E-state index contributed by atoms with van der Waals surface area (Å²) in [4.78, 5) is 25.0. The van der Waals surface area contributed by atoms with Crippen LogP contribution in [0.15, 0.2) is 42.9 Å². The summed E-state index contributed by atoms with van der Waals surface area (Å²) in [5.41, 5.74) is 1.02. The van der Waals surface area contributed by atoms with E-state index in [1.165, 1.54) is 18.5 Å². The van der Waals surface area contributed by atoms with Crippen molar-refractivity contribution in [1.29, 1.82) is 0 Å². The van der Waals surface area contributed by atoms with Crippen LogP contribution in [0.5, 0.6) is 0 Å². The fraction of sp³-hybridized carbons (Fsp3) is 0.421. The van der Waals surface area contributed by atoms with Gasteiger partial charge in [0.05, 0.1) is 24.9 Å². The van der Waals surface area contributed by atoms with E-state index in [9.17, 15) is 9.18 Å². The minimum Gasteiger partial charge on any atom is -0.374 e. The smallest absolute Gasteiger partial charge is 0.274 e. The highest BCUT2D eigenvalue weighted by Crippen LogP contribution is 2.25. The van der Waals surface area contributed by atoms with E-state index in [0.29, 0.717) is 37.5 Å². The number of carbonyl (C=O) groups is 1. The minimum absolute atomic E-state index is 0.0150. The highest BCUT2D eigenvalue weighted by Gasteiger charge is 2.39. The molecule has 26 heavy (non-hydrogen) atoms. The number of likely N-dealkylation sites (tertiary alicyclic amines) is 1. The average Bonchev–Trinajstić information content (AvgIpc) is 2.69. The van der Waals surface area contributed by atoms with Crippen LogP contribution in [0.1, 0.15) is 22.5 Å². The molecule has 2 saturated heterocycles. The largest absolute Gasteiger partial charge is 0.374 e. The molecule has 7 heteroatoms. The first-order chi connectivity index (χ1) is 12.7. The molecule has 0 N–H and O–H groups in total. The summed E-state index contributed by atoms with van der Waals surface area (Å²) < 4.78 is 19.9. The summed E-state index contributed by atoms with van der Waals surface area (Å²) in [5.74, 6) is -0.314. The Hall–Kier alpha value is -2.38. The zero-order chi connectivity index (χ0) is 17.9. The molecule has 2 aliphatic rings. The molecule has 2 aliphatic heterocycles. The summed E-state index contributed by atoms with van der Waals surface area (Å²) in [7, 11) is 0. The lowest BCUT2D eigenvalue weighted by atomic mass is 9.97. The van der Waals surface area contributed by atoms with E-state index >= 15 is 0 Å². The third-order valence-corrected chi connectivity index (χ3v) is 5.06. The van der Waals surface area contributed by atoms with Gasteiger partial charge in [-0.3, -0.25) is 14.7 Å². The Morgan fingerprint density at radius 1 is 1.27 bits per heavy atom. The first-order valence-corrected chi connectivity index (χ1v) is 8.87. The van der Waals surface area contributed by atoms with Gasteiger partial charge in [-0.2, -0.15) is 0 Å². The molecule has 0 saturated carbocycles. The Morgan fingerprint density at radius 2 is 2.15 bits per heavy atom. The van der Waals surface area contributed by atoms with Gasteiger partial charge >= 0.3 is 0 Å². The van der Waals surface area contributed by atoms with Crippen LogP contribution in [0.4, 0.5) is 4.39 Å². The Bertz CT molecular complexity index is 773. The standard InChI is InChI=1S/C19H21FN4O2/c20-15-4-2-1-3-14(15)12-23-8-5-18-17(13-23)24(9-10-26-18)19(25)16-11-21-6-7-22-16/h1-4,6-7,11,17-18H,5,8-10,12-13H2/t17-,18-/m1/s1. The van der Waals surface area contributed by atoms with Gasteiger partial charge in [0, 0.05) is 44.1 Å². The number of hydrogen-bond donors (Lipinski definition) is 0. The Balaban J connectivity index is 1.50. The van der Waals surface area contributed by atoms with E-state index in [2.05, 4.69) is 14.9 Å². The predicted molar refractivity (Wildman–Crippen MR) is 92.9 cm³/mol. The van der Waals surface area contributed by atoms with Gasteiger partial charge < -0.3 is 9.64 Å². The molecule has 1 aromatic heterocycles. The first kappa shape index (κ1) is 17.1. The van der Waals surface area contributed by atoms with Crippen LogP contribution in [0.25, 0.3) is 0 Å². The molecule has 0 spiro atoms. The highest BCUT2D eigenvalue weighted by molar-refractivity contribution is 5.92. The zero-order valence-electron chi connectivity index (χ0n) is 14.4. The molecule has 2 aromatic rings. The topological polar surface area (TPSA) is 58.6 Å². The number of carbonyl (C=O) groups excluding carboxylic acids is 1. The van der Waals surface area contributed by atoms with Crippen LogP contribution in [-0.4, -0.2) is 64.1 Å². The van der Waals surface area contributed by atoms with Crippen molar-refractivity contribution in [3.05, 3.63) is 59.9 Å². The number of ether oxygens (including phenoxy) is 1. The Morgan fingerprint density at radius 3 is 2.96 bits per heavy atom. The normalized spacial score (nSPS) is 23.5. The van der Waals surface area contributed by atoms with Crippen molar-refractivity contribution in [3.8, 4) is 0 Å². The molecule has 0 radical (unpaired) electrons. The second-order valence-electron chi connectivity index (χ2n) is 6.68. The van der Waals surface area contributed by atoms with Crippen molar-refractivity contribution in [3.63, 3.8) is 0 Å². The molecule has 4 rings (SSSR count). The number of piperidine rings is 1. The van der Waals surface area contributed by atoms with E-state index in [1.807, 2.05) is 11.0 Å². The number of benzene rings is 1. The van der Waals surface area contributed by atoms with Gasteiger partial charge in [-0.25, -0.2) is 9.37 Å². The summed E-state index contributed by atoms with van der Waals surface area (Å²) in [6, 6.07) is 6.77. The monoisotopic (exact) mass is 356 g/mol. The molecular weight excluding hydrogens is 335 g/mol. The SMILES string of the molecule is O=C(c1cnccn1)N1CCO[C@@H]2CCN(Cc3ccccc3F)C[C@H]21. The van der Waals surface area contributed by atoms with Gasteiger partial charge in [-0.05, 0) is 12.5 Å². The molecule has 1 aromatic carbocycles. The van der Waals surface area contributed by atoms with Gasteiger partial charge in [-0.1, -0.05) is 18.2 Å². The van der Waals surface area contributed by atoms with E-state index in [1.54, 1.807) is 18.3 Å². The lowest BCUT2D eigenvalue weighted by Gasteiger charge is -2.47. The maximum Gasteiger partial charge on any atom is 0.274 e. The molecule has 2 fully saturated rings. The van der Waals surface area contributed by atoms with Crippen molar-refractivity contribution < 1.29 is 13.9 Å². The van der Waals surface area contributed by atoms with Crippen molar-refractivity contribution in [2.24, 2.45) is 0 Å². The van der Waals surface area contributed by atoms with Crippen molar-refractivity contribution in [2.75, 3.05) is 26.2 Å². The number of nitrogens with zero attached hydrogens (tertiary/aromatic N) is 4. The number of hydrogen-bond acceptors (Lipinski definition) is 5. The molecule has 3 heterocycles. The summed E-state index contributed by atoms with van der Waals surface area (Å²) in [6.45, 7) is 3.07. The molecule has 0 aliphatic carbocycles. The number of fused-ring (bicyclic) bond motifs is 1. The van der Waals surface area contributed by atoms with Crippen LogP contribution in [-0.2, 0) is 11.3 Å². The fourth-order valence-electron chi connectivity index (χ4n) is 3.76. The molecule has 1 amide bonds. The van der Waals surface area contributed by atoms with Crippen LogP contribution in [0.3, 0.4) is 0 Å². The molecule has 6 nitrogen and oxygen atoms in total. The van der Waals surface area contributed by atoms with Crippen molar-refractivity contribution >= 4 is 5.91 Å². The second-order valence-corrected chi connectivity index (χ2v) is 6.68. The number of halogens is 1. The number of morpholine rings is 1. The summed E-state index contributed by atoms with van der Waals surface area (Å²) in [6.07, 6.45) is 5.41. The summed E-state index contributed by atoms with van der Waals surface area (Å²) in [5, 5.41) is 0. The van der Waals surface area contributed by atoms with Crippen LogP contribution in [0.2, 0.25) is 0 Å². The van der Waals surface area contributed by atoms with Gasteiger partial charge in [0.15, 0.2) is 0 Å². The van der Waals surface area contributed by atoms with Crippen LogP contribution in [0, 0.1) is 5.82 Å². The van der Waals surface area contributed by atoms with Gasteiger partial charge in [0.2, 0.25) is 0 Å². The molecule has 0 bridgehead atoms. The molecular formula is C19H21FN4O2. The third kappa shape index (κ3) is 3.45. The zero-order valence-corrected chi connectivity index (χ0v) is 14.4. The average molecular weight is 356 g/mol. The van der Waals surface area contributed by atoms with Crippen LogP contribution < -0.4 is 0 Å². The Labute approximate surface area is 151 Å². The van der Waals surface area contributed by atoms with E-state index in [0.717, 1.165) is 13.0 Å². The second kappa shape index (κ2) is 7.47. The number of rotatable bonds is 3. The predicted octanol–water partition coefficient (Wildman–Crippen LogP) is 1.73. The fourth-order valence-corrected chi connectivity index (χ4v) is 3.76. The van der Waals surface area contributed by atoms with Crippen LogP contribution >= 0.6 is 0 Å². The van der Waals surface area contributed by atoms with E-state index in [-0.39, 0.29) is 23.9 Å². The summed E-state index contributed by atoms with van der Waals surface area (Å²) >= 11 is 0. The minimum atomic E-state index is -0.193. The van der Waals surface area contributed by atoms with Crippen molar-refractivity contribution in [1.82, 2.24) is 19.8 Å². The molecule has 136 valence electrons. The highest BCUT2D eigenvalue weighted by atomic mass is 19.1. The Kier molecular flexibility index (Phi) is 4.90. The lowest BCUT2D eigenvalue weighted by molar-refractivity contribution is -0.0916. The first-order valence-electron chi connectivity index (χ1n) is 8.87. The van der Waals surface area contributed by atoms with Crippen molar-refractivity contribution in [2.45, 2.75) is 25.1 Å². The van der Waals surface area contributed by atoms with E-state index < -0.39 is 0 Å². The lowest BCUT2D eigenvalue weighted by Crippen LogP contribution is -2.61. The van der Waals surface area contributed by atoms with Gasteiger partial charge in [-0.15, -0.1) is 0 Å². The number of aromatic nitrogens is 2. The molecule has 2 atom stereocenters. The third-order valence-electron chi connectivity index (χ3n) is 5.06. The molecule has 0 unspecified atom stereocenters. The van der Waals surface area contributed by atoms with Gasteiger partial charge in [0.25, 0.3) is 5.91 Å². The van der Waals surface area contributed by atoms with E-state index in [4.69, 9.17) is 4.74 Å².